The lowest BCUT2D eigenvalue weighted by molar-refractivity contribution is 0.668. The van der Waals surface area contributed by atoms with Crippen LogP contribution in [0, 0.1) is 10.5 Å². The summed E-state index contributed by atoms with van der Waals surface area (Å²) in [7, 11) is 0. The highest BCUT2D eigenvalue weighted by Crippen LogP contribution is 2.30. The molecule has 74 valence electrons. The van der Waals surface area contributed by atoms with E-state index < -0.39 is 0 Å². The van der Waals surface area contributed by atoms with E-state index in [0.717, 1.165) is 11.2 Å². The molecule has 1 nitrogen and oxygen atoms in total. The Kier molecular flexibility index (Phi) is 1.99. The van der Waals surface area contributed by atoms with Crippen molar-refractivity contribution in [3.63, 3.8) is 0 Å². The van der Waals surface area contributed by atoms with Gasteiger partial charge in [-0.25, -0.2) is 0 Å². The van der Waals surface area contributed by atoms with Gasteiger partial charge in [-0.05, 0) is 53.3 Å². The topological polar surface area (TPSA) is 13.1 Å². The summed E-state index contributed by atoms with van der Waals surface area (Å²) in [6.45, 7) is 2.11. The third-order valence-corrected chi connectivity index (χ3v) is 3.82. The molecule has 0 atom stereocenters. The van der Waals surface area contributed by atoms with Gasteiger partial charge in [-0.15, -0.1) is 0 Å². The quantitative estimate of drug-likeness (QED) is 0.557. The van der Waals surface area contributed by atoms with Crippen LogP contribution in [0.25, 0.3) is 21.9 Å². The predicted molar refractivity (Wildman–Crippen MR) is 71.2 cm³/mol. The van der Waals surface area contributed by atoms with Crippen LogP contribution in [0.1, 0.15) is 5.56 Å². The standard InChI is InChI=1S/C13H9IO/c1-8-6-13-10(7-11(8)14)9-4-2-3-5-12(9)15-13/h2-7H,1H3. The highest BCUT2D eigenvalue weighted by atomic mass is 127. The van der Waals surface area contributed by atoms with Crippen LogP contribution in [0.5, 0.6) is 0 Å². The van der Waals surface area contributed by atoms with Gasteiger partial charge in [-0.1, -0.05) is 18.2 Å². The first kappa shape index (κ1) is 9.21. The highest BCUT2D eigenvalue weighted by Gasteiger charge is 2.07. The fourth-order valence-corrected chi connectivity index (χ4v) is 2.31. The van der Waals surface area contributed by atoms with Crippen LogP contribution in [-0.4, -0.2) is 0 Å². The molecule has 0 unspecified atom stereocenters. The summed E-state index contributed by atoms with van der Waals surface area (Å²) in [5.74, 6) is 0. The Morgan fingerprint density at radius 1 is 1.00 bits per heavy atom. The molecule has 0 radical (unpaired) electrons. The Hall–Kier alpha value is -1.03. The van der Waals surface area contributed by atoms with E-state index in [1.165, 1.54) is 19.9 Å². The fourth-order valence-electron chi connectivity index (χ4n) is 1.85. The second-order valence-electron chi connectivity index (χ2n) is 3.70. The van der Waals surface area contributed by atoms with Gasteiger partial charge in [-0.2, -0.15) is 0 Å². The lowest BCUT2D eigenvalue weighted by atomic mass is 10.1. The maximum absolute atomic E-state index is 5.78. The van der Waals surface area contributed by atoms with Gasteiger partial charge in [0.2, 0.25) is 0 Å². The number of rotatable bonds is 0. The third-order valence-electron chi connectivity index (χ3n) is 2.66. The van der Waals surface area contributed by atoms with Crippen molar-refractivity contribution < 1.29 is 4.42 Å². The van der Waals surface area contributed by atoms with Gasteiger partial charge in [0.05, 0.1) is 0 Å². The normalized spacial score (nSPS) is 11.3. The van der Waals surface area contributed by atoms with Crippen LogP contribution in [0.4, 0.5) is 0 Å². The van der Waals surface area contributed by atoms with Gasteiger partial charge >= 0.3 is 0 Å². The van der Waals surface area contributed by atoms with Crippen molar-refractivity contribution in [3.05, 3.63) is 45.5 Å². The molecule has 3 aromatic rings. The third kappa shape index (κ3) is 1.35. The Morgan fingerprint density at radius 3 is 2.67 bits per heavy atom. The lowest BCUT2D eigenvalue weighted by Crippen LogP contribution is -1.77. The molecule has 0 aliphatic heterocycles. The lowest BCUT2D eigenvalue weighted by Gasteiger charge is -1.96. The van der Waals surface area contributed by atoms with Crippen molar-refractivity contribution in [1.29, 1.82) is 0 Å². The first-order chi connectivity index (χ1) is 7.25. The average molecular weight is 308 g/mol. The first-order valence-corrected chi connectivity index (χ1v) is 5.91. The van der Waals surface area contributed by atoms with Crippen LogP contribution in [-0.2, 0) is 0 Å². The Bertz CT molecular complexity index is 652. The van der Waals surface area contributed by atoms with Crippen molar-refractivity contribution in [1.82, 2.24) is 0 Å². The van der Waals surface area contributed by atoms with E-state index in [1.807, 2.05) is 18.2 Å². The molecule has 2 aromatic carbocycles. The summed E-state index contributed by atoms with van der Waals surface area (Å²) < 4.78 is 7.07. The van der Waals surface area contributed by atoms with Crippen LogP contribution in [0.2, 0.25) is 0 Å². The fraction of sp³-hybridized carbons (Fsp3) is 0.0769. The van der Waals surface area contributed by atoms with E-state index in [2.05, 4.69) is 47.7 Å². The van der Waals surface area contributed by atoms with E-state index in [4.69, 9.17) is 4.42 Å². The molecule has 1 aromatic heterocycles. The number of aryl methyl sites for hydroxylation is 1. The zero-order valence-electron chi connectivity index (χ0n) is 8.25. The first-order valence-electron chi connectivity index (χ1n) is 4.83. The number of benzene rings is 2. The Balaban J connectivity index is 2.56. The van der Waals surface area contributed by atoms with Gasteiger partial charge in [-0.3, -0.25) is 0 Å². The Morgan fingerprint density at radius 2 is 1.80 bits per heavy atom. The minimum Gasteiger partial charge on any atom is -0.456 e. The van der Waals surface area contributed by atoms with Gasteiger partial charge in [0.1, 0.15) is 11.2 Å². The summed E-state index contributed by atoms with van der Waals surface area (Å²) in [6.07, 6.45) is 0. The molecule has 0 aliphatic rings. The van der Waals surface area contributed by atoms with Gasteiger partial charge in [0.15, 0.2) is 0 Å². The van der Waals surface area contributed by atoms with Gasteiger partial charge in [0.25, 0.3) is 0 Å². The van der Waals surface area contributed by atoms with Crippen molar-refractivity contribution in [2.75, 3.05) is 0 Å². The molecule has 1 heterocycles. The minimum absolute atomic E-state index is 0.967. The summed E-state index contributed by atoms with van der Waals surface area (Å²) in [5.41, 5.74) is 3.21. The summed E-state index contributed by atoms with van der Waals surface area (Å²) in [6, 6.07) is 12.5. The van der Waals surface area contributed by atoms with Gasteiger partial charge < -0.3 is 4.42 Å². The molecule has 0 bridgehead atoms. The van der Waals surface area contributed by atoms with Crippen LogP contribution < -0.4 is 0 Å². The molecule has 2 heteroatoms. The molecule has 3 rings (SSSR count). The number of furan rings is 1. The second kappa shape index (κ2) is 3.23. The van der Waals surface area contributed by atoms with E-state index in [0.29, 0.717) is 0 Å². The van der Waals surface area contributed by atoms with Crippen molar-refractivity contribution in [2.24, 2.45) is 0 Å². The van der Waals surface area contributed by atoms with Crippen LogP contribution in [0.15, 0.2) is 40.8 Å². The van der Waals surface area contributed by atoms with E-state index >= 15 is 0 Å². The molecule has 0 saturated carbocycles. The van der Waals surface area contributed by atoms with E-state index in [9.17, 15) is 0 Å². The molecule has 0 N–H and O–H groups in total. The maximum atomic E-state index is 5.78. The number of hydrogen-bond acceptors (Lipinski definition) is 1. The zero-order chi connectivity index (χ0) is 10.4. The molecule has 0 amide bonds. The van der Waals surface area contributed by atoms with E-state index in [1.54, 1.807) is 0 Å². The smallest absolute Gasteiger partial charge is 0.135 e. The van der Waals surface area contributed by atoms with Crippen molar-refractivity contribution in [2.45, 2.75) is 6.92 Å². The highest BCUT2D eigenvalue weighted by molar-refractivity contribution is 14.1. The molecule has 0 fully saturated rings. The average Bonchev–Trinajstić information content (AvgIpc) is 2.57. The summed E-state index contributed by atoms with van der Waals surface area (Å²) in [5, 5.41) is 2.41. The van der Waals surface area contributed by atoms with Crippen LogP contribution in [0.3, 0.4) is 0 Å². The number of hydrogen-bond donors (Lipinski definition) is 0. The Labute approximate surface area is 101 Å². The second-order valence-corrected chi connectivity index (χ2v) is 4.86. The predicted octanol–water partition coefficient (Wildman–Crippen LogP) is 4.50. The number of fused-ring (bicyclic) bond motifs is 3. The van der Waals surface area contributed by atoms with Crippen molar-refractivity contribution >= 4 is 44.5 Å². The van der Waals surface area contributed by atoms with Gasteiger partial charge in [0, 0.05) is 14.3 Å². The minimum atomic E-state index is 0.967. The van der Waals surface area contributed by atoms with Crippen molar-refractivity contribution in [3.8, 4) is 0 Å². The summed E-state index contributed by atoms with van der Waals surface area (Å²) in [4.78, 5) is 0. The number of para-hydroxylation sites is 1. The summed E-state index contributed by atoms with van der Waals surface area (Å²) >= 11 is 2.36. The molecule has 0 aliphatic carbocycles. The molecular weight excluding hydrogens is 299 g/mol. The largest absolute Gasteiger partial charge is 0.456 e. The maximum Gasteiger partial charge on any atom is 0.135 e. The SMILES string of the molecule is Cc1cc2oc3ccccc3c2cc1I. The number of halogens is 1. The monoisotopic (exact) mass is 308 g/mol. The van der Waals surface area contributed by atoms with Crippen LogP contribution >= 0.6 is 22.6 Å². The molecule has 15 heavy (non-hydrogen) atoms. The molecular formula is C13H9IO. The molecule has 0 saturated heterocycles. The molecule has 0 spiro atoms. The zero-order valence-corrected chi connectivity index (χ0v) is 10.4. The van der Waals surface area contributed by atoms with E-state index in [-0.39, 0.29) is 0 Å².